The molecule has 4 rings (SSSR count). The van der Waals surface area contributed by atoms with Gasteiger partial charge in [-0.1, -0.05) is 0 Å². The van der Waals surface area contributed by atoms with Crippen LogP contribution in [0, 0.1) is 5.82 Å². The Morgan fingerprint density at radius 3 is 2.45 bits per heavy atom. The third-order valence-corrected chi connectivity index (χ3v) is 6.25. The fraction of sp³-hybridized carbons (Fsp3) is 0.522. The van der Waals surface area contributed by atoms with E-state index in [9.17, 15) is 9.18 Å². The van der Waals surface area contributed by atoms with Gasteiger partial charge in [0.2, 0.25) is 0 Å². The van der Waals surface area contributed by atoms with Crippen LogP contribution in [0.4, 0.5) is 10.1 Å². The van der Waals surface area contributed by atoms with Gasteiger partial charge in [0.1, 0.15) is 5.82 Å². The number of fused-ring (bicyclic) bond motifs is 1. The maximum Gasteiger partial charge on any atom is 0.255 e. The van der Waals surface area contributed by atoms with Crippen molar-refractivity contribution in [3.63, 3.8) is 0 Å². The molecule has 0 radical (unpaired) electrons. The van der Waals surface area contributed by atoms with Crippen LogP contribution < -0.4 is 4.90 Å². The molecule has 0 aliphatic carbocycles. The van der Waals surface area contributed by atoms with Crippen LogP contribution in [0.1, 0.15) is 35.8 Å². The number of aromatic nitrogens is 1. The second-order valence-electron chi connectivity index (χ2n) is 8.02. The number of nitrogens with zero attached hydrogens (tertiary/aromatic N) is 4. The minimum absolute atomic E-state index is 0.186. The lowest BCUT2D eigenvalue weighted by molar-refractivity contribution is 0.0753. The number of amides is 1. The van der Waals surface area contributed by atoms with Gasteiger partial charge in [-0.15, -0.1) is 0 Å². The highest BCUT2D eigenvalue weighted by Gasteiger charge is 2.25. The summed E-state index contributed by atoms with van der Waals surface area (Å²) in [6.45, 7) is 9.69. The standard InChI is InChI=1S/C23H31FN4O/c1-2-26-14-10-21-22(26)5-3-12-28(23(21)29)13-4-11-25-15-17-27(18-16-25)20-8-6-19(24)7-9-20/h6-10,14H,2-5,11-13,15-18H2,1H3. The molecule has 0 saturated carbocycles. The summed E-state index contributed by atoms with van der Waals surface area (Å²) in [5.74, 6) is 0.0136. The lowest BCUT2D eigenvalue weighted by Gasteiger charge is -2.36. The lowest BCUT2D eigenvalue weighted by Crippen LogP contribution is -2.47. The van der Waals surface area contributed by atoms with E-state index in [0.717, 1.165) is 82.9 Å². The van der Waals surface area contributed by atoms with Crippen LogP contribution in [-0.4, -0.2) is 66.1 Å². The molecule has 2 aliphatic rings. The maximum atomic E-state index is 13.1. The second-order valence-corrected chi connectivity index (χ2v) is 8.02. The van der Waals surface area contributed by atoms with Gasteiger partial charge in [0.25, 0.3) is 5.91 Å². The van der Waals surface area contributed by atoms with Gasteiger partial charge in [0.05, 0.1) is 5.56 Å². The third kappa shape index (κ3) is 4.47. The van der Waals surface area contributed by atoms with Crippen LogP contribution in [0.3, 0.4) is 0 Å². The van der Waals surface area contributed by atoms with Gasteiger partial charge in [-0.3, -0.25) is 9.69 Å². The Morgan fingerprint density at radius 1 is 0.966 bits per heavy atom. The molecule has 1 amide bonds. The summed E-state index contributed by atoms with van der Waals surface area (Å²) in [7, 11) is 0. The number of anilines is 1. The summed E-state index contributed by atoms with van der Waals surface area (Å²) in [6.07, 6.45) is 5.08. The average Bonchev–Trinajstić information content (AvgIpc) is 3.09. The summed E-state index contributed by atoms with van der Waals surface area (Å²) in [6, 6.07) is 8.76. The number of carbonyl (C=O) groups is 1. The molecule has 156 valence electrons. The fourth-order valence-corrected chi connectivity index (χ4v) is 4.56. The Hall–Kier alpha value is -2.34. The van der Waals surface area contributed by atoms with Crippen LogP contribution >= 0.6 is 0 Å². The Balaban J connectivity index is 1.24. The molecule has 3 heterocycles. The molecule has 2 aromatic rings. The van der Waals surface area contributed by atoms with Crippen molar-refractivity contribution in [1.29, 1.82) is 0 Å². The first-order valence-electron chi connectivity index (χ1n) is 10.9. The largest absolute Gasteiger partial charge is 0.369 e. The molecule has 6 heteroatoms. The predicted molar refractivity (Wildman–Crippen MR) is 114 cm³/mol. The normalized spacial score (nSPS) is 18.1. The second kappa shape index (κ2) is 8.99. The molecule has 0 atom stereocenters. The van der Waals surface area contributed by atoms with E-state index in [2.05, 4.69) is 21.3 Å². The summed E-state index contributed by atoms with van der Waals surface area (Å²) in [5.41, 5.74) is 3.20. The van der Waals surface area contributed by atoms with E-state index in [1.165, 1.54) is 17.8 Å². The van der Waals surface area contributed by atoms with E-state index in [1.807, 2.05) is 29.3 Å². The zero-order valence-corrected chi connectivity index (χ0v) is 17.3. The van der Waals surface area contributed by atoms with E-state index in [4.69, 9.17) is 0 Å². The Bertz CT molecular complexity index is 824. The summed E-state index contributed by atoms with van der Waals surface area (Å²) in [5, 5.41) is 0. The molecule has 1 aromatic heterocycles. The number of carbonyl (C=O) groups excluding carboxylic acids is 1. The van der Waals surface area contributed by atoms with E-state index in [0.29, 0.717) is 0 Å². The Morgan fingerprint density at radius 2 is 1.72 bits per heavy atom. The van der Waals surface area contributed by atoms with Crippen molar-refractivity contribution >= 4 is 11.6 Å². The van der Waals surface area contributed by atoms with Crippen LogP contribution in [0.15, 0.2) is 36.5 Å². The van der Waals surface area contributed by atoms with Crippen molar-refractivity contribution in [2.75, 3.05) is 50.7 Å². The zero-order valence-electron chi connectivity index (χ0n) is 17.3. The first-order valence-corrected chi connectivity index (χ1v) is 10.9. The van der Waals surface area contributed by atoms with Gasteiger partial charge < -0.3 is 14.4 Å². The molecule has 29 heavy (non-hydrogen) atoms. The zero-order chi connectivity index (χ0) is 20.2. The van der Waals surface area contributed by atoms with Crippen molar-refractivity contribution < 1.29 is 9.18 Å². The van der Waals surface area contributed by atoms with Crippen molar-refractivity contribution in [3.05, 3.63) is 53.6 Å². The van der Waals surface area contributed by atoms with Crippen molar-refractivity contribution in [3.8, 4) is 0 Å². The number of piperazine rings is 1. The van der Waals surface area contributed by atoms with E-state index < -0.39 is 0 Å². The van der Waals surface area contributed by atoms with E-state index in [-0.39, 0.29) is 11.7 Å². The molecule has 0 unspecified atom stereocenters. The van der Waals surface area contributed by atoms with Gasteiger partial charge in [-0.05, 0) is 63.1 Å². The topological polar surface area (TPSA) is 31.7 Å². The van der Waals surface area contributed by atoms with E-state index in [1.54, 1.807) is 0 Å². The molecule has 0 spiro atoms. The lowest BCUT2D eigenvalue weighted by atomic mass is 10.2. The van der Waals surface area contributed by atoms with Crippen molar-refractivity contribution in [1.82, 2.24) is 14.4 Å². The van der Waals surface area contributed by atoms with Crippen LogP contribution in [0.2, 0.25) is 0 Å². The van der Waals surface area contributed by atoms with Crippen molar-refractivity contribution in [2.45, 2.75) is 32.7 Å². The van der Waals surface area contributed by atoms with Gasteiger partial charge in [-0.2, -0.15) is 0 Å². The minimum Gasteiger partial charge on any atom is -0.369 e. The van der Waals surface area contributed by atoms with E-state index >= 15 is 0 Å². The van der Waals surface area contributed by atoms with Crippen molar-refractivity contribution in [2.24, 2.45) is 0 Å². The molecule has 5 nitrogen and oxygen atoms in total. The molecular formula is C23H31FN4O. The quantitative estimate of drug-likeness (QED) is 0.749. The van der Waals surface area contributed by atoms with Gasteiger partial charge in [0.15, 0.2) is 0 Å². The molecule has 1 aromatic carbocycles. The Labute approximate surface area is 172 Å². The van der Waals surface area contributed by atoms with Crippen LogP contribution in [0.5, 0.6) is 0 Å². The number of aryl methyl sites for hydroxylation is 1. The molecule has 0 bridgehead atoms. The molecular weight excluding hydrogens is 367 g/mol. The first-order chi connectivity index (χ1) is 14.2. The summed E-state index contributed by atoms with van der Waals surface area (Å²) in [4.78, 5) is 19.8. The summed E-state index contributed by atoms with van der Waals surface area (Å²) < 4.78 is 15.3. The SMILES string of the molecule is CCn1ccc2c1CCCN(CCCN1CCN(c3ccc(F)cc3)CC1)C2=O. The van der Waals surface area contributed by atoms with Crippen LogP contribution in [-0.2, 0) is 13.0 Å². The highest BCUT2D eigenvalue weighted by molar-refractivity contribution is 5.95. The number of rotatable bonds is 6. The number of hydrogen-bond acceptors (Lipinski definition) is 3. The maximum absolute atomic E-state index is 13.1. The number of halogens is 1. The molecule has 2 aliphatic heterocycles. The van der Waals surface area contributed by atoms with Gasteiger partial charge in [0, 0.05) is 63.4 Å². The fourth-order valence-electron chi connectivity index (χ4n) is 4.56. The highest BCUT2D eigenvalue weighted by Crippen LogP contribution is 2.21. The number of benzene rings is 1. The smallest absolute Gasteiger partial charge is 0.255 e. The molecule has 1 fully saturated rings. The highest BCUT2D eigenvalue weighted by atomic mass is 19.1. The number of hydrogen-bond donors (Lipinski definition) is 0. The van der Waals surface area contributed by atoms with Gasteiger partial charge >= 0.3 is 0 Å². The van der Waals surface area contributed by atoms with Crippen LogP contribution in [0.25, 0.3) is 0 Å². The Kier molecular flexibility index (Phi) is 6.19. The monoisotopic (exact) mass is 398 g/mol. The molecule has 1 saturated heterocycles. The summed E-state index contributed by atoms with van der Waals surface area (Å²) >= 11 is 0. The predicted octanol–water partition coefficient (Wildman–Crippen LogP) is 3.25. The average molecular weight is 399 g/mol. The van der Waals surface area contributed by atoms with Gasteiger partial charge in [-0.25, -0.2) is 4.39 Å². The third-order valence-electron chi connectivity index (χ3n) is 6.25. The molecule has 0 N–H and O–H groups in total. The first kappa shape index (κ1) is 20.0. The minimum atomic E-state index is -0.186.